The lowest BCUT2D eigenvalue weighted by Gasteiger charge is -2.11. The lowest BCUT2D eigenvalue weighted by Crippen LogP contribution is -2.35. The van der Waals surface area contributed by atoms with Gasteiger partial charge in [-0.05, 0) is 24.1 Å². The second-order valence-electron chi connectivity index (χ2n) is 4.21. The summed E-state index contributed by atoms with van der Waals surface area (Å²) in [4.78, 5) is 10.9. The molecule has 5 heteroatoms. The lowest BCUT2D eigenvalue weighted by atomic mass is 10.2. The number of amides is 1. The Balaban J connectivity index is 1.79. The van der Waals surface area contributed by atoms with Crippen LogP contribution in [0.1, 0.15) is 18.4 Å². The highest BCUT2D eigenvalue weighted by atomic mass is 19.1. The van der Waals surface area contributed by atoms with Gasteiger partial charge in [-0.15, -0.1) is 0 Å². The SMILES string of the molecule is O=C1CCC(CNCc2cc(F)cc(F)c2)N1. The number of carbonyl (C=O) groups is 1. The Kier molecular flexibility index (Phi) is 3.68. The Bertz CT molecular complexity index is 403. The Hall–Kier alpha value is -1.49. The van der Waals surface area contributed by atoms with Crippen LogP contribution in [-0.2, 0) is 11.3 Å². The summed E-state index contributed by atoms with van der Waals surface area (Å²) in [5.74, 6) is -1.08. The molecule has 1 amide bonds. The third kappa shape index (κ3) is 3.49. The van der Waals surface area contributed by atoms with Crippen LogP contribution in [0.3, 0.4) is 0 Å². The second kappa shape index (κ2) is 5.23. The normalized spacial score (nSPS) is 19.4. The molecular formula is C12H14F2N2O. The van der Waals surface area contributed by atoms with E-state index < -0.39 is 11.6 Å². The first-order valence-corrected chi connectivity index (χ1v) is 5.58. The zero-order valence-corrected chi connectivity index (χ0v) is 9.30. The van der Waals surface area contributed by atoms with Gasteiger partial charge in [-0.25, -0.2) is 8.78 Å². The summed E-state index contributed by atoms with van der Waals surface area (Å²) < 4.78 is 25.8. The first kappa shape index (κ1) is 12.0. The predicted molar refractivity (Wildman–Crippen MR) is 59.2 cm³/mol. The standard InChI is InChI=1S/C12H14F2N2O/c13-9-3-8(4-10(14)5-9)6-15-7-11-1-2-12(17)16-11/h3-5,11,15H,1-2,6-7H2,(H,16,17). The van der Waals surface area contributed by atoms with Gasteiger partial charge in [-0.2, -0.15) is 0 Å². The lowest BCUT2D eigenvalue weighted by molar-refractivity contribution is -0.119. The molecule has 1 atom stereocenters. The predicted octanol–water partition coefficient (Wildman–Crippen LogP) is 1.33. The first-order valence-electron chi connectivity index (χ1n) is 5.58. The molecule has 1 unspecified atom stereocenters. The van der Waals surface area contributed by atoms with Gasteiger partial charge in [0.15, 0.2) is 0 Å². The molecule has 1 aliphatic rings. The Labute approximate surface area is 98.2 Å². The molecule has 1 aliphatic heterocycles. The quantitative estimate of drug-likeness (QED) is 0.833. The van der Waals surface area contributed by atoms with Crippen LogP contribution in [0.2, 0.25) is 0 Å². The molecule has 1 aromatic rings. The molecule has 0 spiro atoms. The number of carbonyl (C=O) groups excluding carboxylic acids is 1. The summed E-state index contributed by atoms with van der Waals surface area (Å²) in [7, 11) is 0. The van der Waals surface area contributed by atoms with Crippen LogP contribution in [0.4, 0.5) is 8.78 Å². The van der Waals surface area contributed by atoms with E-state index in [2.05, 4.69) is 10.6 Å². The van der Waals surface area contributed by atoms with E-state index in [1.54, 1.807) is 0 Å². The van der Waals surface area contributed by atoms with Crippen molar-refractivity contribution in [2.24, 2.45) is 0 Å². The number of hydrogen-bond donors (Lipinski definition) is 2. The van der Waals surface area contributed by atoms with E-state index in [-0.39, 0.29) is 11.9 Å². The molecule has 92 valence electrons. The highest BCUT2D eigenvalue weighted by Gasteiger charge is 2.19. The maximum absolute atomic E-state index is 12.9. The average molecular weight is 240 g/mol. The van der Waals surface area contributed by atoms with E-state index in [1.807, 2.05) is 0 Å². The number of rotatable bonds is 4. The fourth-order valence-corrected chi connectivity index (χ4v) is 1.93. The van der Waals surface area contributed by atoms with Crippen LogP contribution in [-0.4, -0.2) is 18.5 Å². The Morgan fingerprint density at radius 1 is 1.29 bits per heavy atom. The monoisotopic (exact) mass is 240 g/mol. The van der Waals surface area contributed by atoms with Crippen molar-refractivity contribution in [3.05, 3.63) is 35.4 Å². The van der Waals surface area contributed by atoms with E-state index in [9.17, 15) is 13.6 Å². The van der Waals surface area contributed by atoms with Gasteiger partial charge in [0, 0.05) is 31.6 Å². The molecule has 0 bridgehead atoms. The van der Waals surface area contributed by atoms with Gasteiger partial charge in [0.05, 0.1) is 0 Å². The largest absolute Gasteiger partial charge is 0.352 e. The molecule has 1 heterocycles. The fraction of sp³-hybridized carbons (Fsp3) is 0.417. The van der Waals surface area contributed by atoms with Crippen LogP contribution in [0.25, 0.3) is 0 Å². The van der Waals surface area contributed by atoms with Crippen molar-refractivity contribution in [3.63, 3.8) is 0 Å². The fourth-order valence-electron chi connectivity index (χ4n) is 1.93. The zero-order chi connectivity index (χ0) is 12.3. The van der Waals surface area contributed by atoms with Crippen molar-refractivity contribution in [2.45, 2.75) is 25.4 Å². The molecule has 1 saturated heterocycles. The maximum Gasteiger partial charge on any atom is 0.220 e. The summed E-state index contributed by atoms with van der Waals surface area (Å²) in [6.07, 6.45) is 1.37. The van der Waals surface area contributed by atoms with E-state index >= 15 is 0 Å². The topological polar surface area (TPSA) is 41.1 Å². The van der Waals surface area contributed by atoms with Crippen LogP contribution in [0.15, 0.2) is 18.2 Å². The van der Waals surface area contributed by atoms with Crippen molar-refractivity contribution >= 4 is 5.91 Å². The zero-order valence-electron chi connectivity index (χ0n) is 9.30. The number of benzene rings is 1. The second-order valence-corrected chi connectivity index (χ2v) is 4.21. The van der Waals surface area contributed by atoms with E-state index in [1.165, 1.54) is 12.1 Å². The first-order chi connectivity index (χ1) is 8.13. The summed E-state index contributed by atoms with van der Waals surface area (Å²) >= 11 is 0. The number of hydrogen-bond acceptors (Lipinski definition) is 2. The van der Waals surface area contributed by atoms with Crippen molar-refractivity contribution in [1.29, 1.82) is 0 Å². The summed E-state index contributed by atoms with van der Waals surface area (Å²) in [5.41, 5.74) is 0.562. The molecule has 1 aromatic carbocycles. The number of nitrogens with one attached hydrogen (secondary N) is 2. The summed E-state index contributed by atoms with van der Waals surface area (Å²) in [5, 5.41) is 5.88. The van der Waals surface area contributed by atoms with E-state index in [0.717, 1.165) is 12.5 Å². The van der Waals surface area contributed by atoms with Crippen LogP contribution >= 0.6 is 0 Å². The molecule has 0 saturated carbocycles. The molecule has 17 heavy (non-hydrogen) atoms. The molecule has 1 fully saturated rings. The van der Waals surface area contributed by atoms with Gasteiger partial charge in [-0.1, -0.05) is 0 Å². The van der Waals surface area contributed by atoms with Gasteiger partial charge in [0.2, 0.25) is 5.91 Å². The van der Waals surface area contributed by atoms with Gasteiger partial charge >= 0.3 is 0 Å². The minimum absolute atomic E-state index is 0.0635. The molecule has 0 radical (unpaired) electrons. The molecule has 0 aromatic heterocycles. The van der Waals surface area contributed by atoms with Gasteiger partial charge in [0.25, 0.3) is 0 Å². The van der Waals surface area contributed by atoms with Crippen molar-refractivity contribution in [1.82, 2.24) is 10.6 Å². The molecule has 2 rings (SSSR count). The summed E-state index contributed by atoms with van der Waals surface area (Å²) in [6, 6.07) is 3.56. The third-order valence-corrected chi connectivity index (χ3v) is 2.73. The van der Waals surface area contributed by atoms with Crippen molar-refractivity contribution in [2.75, 3.05) is 6.54 Å². The van der Waals surface area contributed by atoms with Crippen molar-refractivity contribution in [3.8, 4) is 0 Å². The molecule has 3 nitrogen and oxygen atoms in total. The van der Waals surface area contributed by atoms with Crippen molar-refractivity contribution < 1.29 is 13.6 Å². The van der Waals surface area contributed by atoms with E-state index in [4.69, 9.17) is 0 Å². The van der Waals surface area contributed by atoms with Gasteiger partial charge < -0.3 is 10.6 Å². The van der Waals surface area contributed by atoms with Crippen LogP contribution in [0, 0.1) is 11.6 Å². The molecule has 0 aliphatic carbocycles. The molecule has 2 N–H and O–H groups in total. The molecular weight excluding hydrogens is 226 g/mol. The van der Waals surface area contributed by atoms with Gasteiger partial charge in [-0.3, -0.25) is 4.79 Å². The van der Waals surface area contributed by atoms with Crippen LogP contribution in [0.5, 0.6) is 0 Å². The summed E-state index contributed by atoms with van der Waals surface area (Å²) in [6.45, 7) is 1.00. The minimum atomic E-state index is -0.573. The highest BCUT2D eigenvalue weighted by Crippen LogP contribution is 2.08. The minimum Gasteiger partial charge on any atom is -0.352 e. The Morgan fingerprint density at radius 2 is 2.00 bits per heavy atom. The van der Waals surface area contributed by atoms with Gasteiger partial charge in [0.1, 0.15) is 11.6 Å². The third-order valence-electron chi connectivity index (χ3n) is 2.73. The average Bonchev–Trinajstić information content (AvgIpc) is 2.63. The number of halogens is 2. The highest BCUT2D eigenvalue weighted by molar-refractivity contribution is 5.78. The smallest absolute Gasteiger partial charge is 0.220 e. The van der Waals surface area contributed by atoms with Crippen LogP contribution < -0.4 is 10.6 Å². The maximum atomic E-state index is 12.9. The van der Waals surface area contributed by atoms with E-state index in [0.29, 0.717) is 25.1 Å². The Morgan fingerprint density at radius 3 is 2.59 bits per heavy atom.